The van der Waals surface area contributed by atoms with E-state index in [-0.39, 0.29) is 12.4 Å². The predicted molar refractivity (Wildman–Crippen MR) is 83.0 cm³/mol. The van der Waals surface area contributed by atoms with Gasteiger partial charge in [-0.15, -0.1) is 0 Å². The molecule has 1 atom stereocenters. The van der Waals surface area contributed by atoms with E-state index in [1.807, 2.05) is 6.07 Å². The van der Waals surface area contributed by atoms with Crippen molar-refractivity contribution in [2.45, 2.75) is 13.0 Å². The van der Waals surface area contributed by atoms with E-state index >= 15 is 0 Å². The first kappa shape index (κ1) is 16.2. The fraction of sp³-hybridized carbons (Fsp3) is 0.167. The van der Waals surface area contributed by atoms with Gasteiger partial charge in [0.1, 0.15) is 5.75 Å². The zero-order valence-electron chi connectivity index (χ0n) is 12.6. The highest BCUT2D eigenvalue weighted by Crippen LogP contribution is 2.14. The molecule has 23 heavy (non-hydrogen) atoms. The molecule has 2 aromatic rings. The van der Waals surface area contributed by atoms with Gasteiger partial charge in [-0.1, -0.05) is 30.3 Å². The van der Waals surface area contributed by atoms with Crippen LogP contribution in [-0.2, 0) is 9.53 Å². The standard InChI is InChI=1S/C18H15NO4/c1-13(23-16-9-7-14(11-19)8-10-16)18(21)22-12-17(20)15-5-3-2-4-6-15/h2-10,13H,12H2,1H3/t13-/m0/s1. The number of benzene rings is 2. The Balaban J connectivity index is 1.85. The van der Waals surface area contributed by atoms with Gasteiger partial charge in [-0.2, -0.15) is 5.26 Å². The summed E-state index contributed by atoms with van der Waals surface area (Å²) in [5.41, 5.74) is 0.988. The molecule has 2 rings (SSSR count). The Hall–Kier alpha value is -3.13. The second-order valence-electron chi connectivity index (χ2n) is 4.79. The molecule has 0 N–H and O–H groups in total. The van der Waals surface area contributed by atoms with E-state index in [2.05, 4.69) is 0 Å². The molecule has 0 heterocycles. The molecule has 0 aliphatic rings. The molecule has 0 unspecified atom stereocenters. The second-order valence-corrected chi connectivity index (χ2v) is 4.79. The Labute approximate surface area is 134 Å². The lowest BCUT2D eigenvalue weighted by atomic mass is 10.1. The molecule has 0 amide bonds. The minimum absolute atomic E-state index is 0.274. The number of nitriles is 1. The predicted octanol–water partition coefficient (Wildman–Crippen LogP) is 2.75. The number of ketones is 1. The highest BCUT2D eigenvalue weighted by Gasteiger charge is 2.18. The molecule has 0 aliphatic heterocycles. The van der Waals surface area contributed by atoms with E-state index in [1.54, 1.807) is 54.6 Å². The average Bonchev–Trinajstić information content (AvgIpc) is 2.60. The van der Waals surface area contributed by atoms with E-state index in [0.29, 0.717) is 16.9 Å². The van der Waals surface area contributed by atoms with Gasteiger partial charge in [-0.05, 0) is 31.2 Å². The van der Waals surface area contributed by atoms with E-state index in [4.69, 9.17) is 14.7 Å². The van der Waals surface area contributed by atoms with Gasteiger partial charge in [0.05, 0.1) is 11.6 Å². The van der Waals surface area contributed by atoms with E-state index in [1.165, 1.54) is 6.92 Å². The molecule has 116 valence electrons. The van der Waals surface area contributed by atoms with Gasteiger partial charge in [0.25, 0.3) is 0 Å². The first-order valence-electron chi connectivity index (χ1n) is 7.02. The van der Waals surface area contributed by atoms with Crippen molar-refractivity contribution in [3.05, 3.63) is 65.7 Å². The highest BCUT2D eigenvalue weighted by molar-refractivity contribution is 5.98. The summed E-state index contributed by atoms with van der Waals surface area (Å²) in [4.78, 5) is 23.7. The lowest BCUT2D eigenvalue weighted by Gasteiger charge is -2.13. The summed E-state index contributed by atoms with van der Waals surface area (Å²) in [7, 11) is 0. The number of Topliss-reactive ketones (excluding diaryl/α,β-unsaturated/α-hetero) is 1. The van der Waals surface area contributed by atoms with Crippen molar-refractivity contribution in [1.29, 1.82) is 5.26 Å². The number of esters is 1. The third-order valence-electron chi connectivity index (χ3n) is 3.07. The Morgan fingerprint density at radius 3 is 2.35 bits per heavy atom. The largest absolute Gasteiger partial charge is 0.479 e. The SMILES string of the molecule is C[C@H](Oc1ccc(C#N)cc1)C(=O)OCC(=O)c1ccccc1. The second kappa shape index (κ2) is 7.76. The molecule has 0 radical (unpaired) electrons. The van der Waals surface area contributed by atoms with Crippen molar-refractivity contribution in [3.8, 4) is 11.8 Å². The third kappa shape index (κ3) is 4.68. The Kier molecular flexibility index (Phi) is 5.48. The highest BCUT2D eigenvalue weighted by atomic mass is 16.6. The van der Waals surface area contributed by atoms with Crippen LogP contribution in [0.25, 0.3) is 0 Å². The number of nitrogens with zero attached hydrogens (tertiary/aromatic N) is 1. The van der Waals surface area contributed by atoms with Gasteiger partial charge < -0.3 is 9.47 Å². The smallest absolute Gasteiger partial charge is 0.347 e. The van der Waals surface area contributed by atoms with Gasteiger partial charge in [-0.3, -0.25) is 4.79 Å². The molecule has 0 fully saturated rings. The van der Waals surface area contributed by atoms with Gasteiger partial charge in [-0.25, -0.2) is 4.79 Å². The van der Waals surface area contributed by atoms with Crippen LogP contribution in [0.2, 0.25) is 0 Å². The monoisotopic (exact) mass is 309 g/mol. The lowest BCUT2D eigenvalue weighted by Crippen LogP contribution is -2.28. The molecule has 0 saturated carbocycles. The number of carbonyl (C=O) groups excluding carboxylic acids is 2. The van der Waals surface area contributed by atoms with Crippen LogP contribution in [0.4, 0.5) is 0 Å². The molecule has 0 saturated heterocycles. The van der Waals surface area contributed by atoms with Crippen LogP contribution >= 0.6 is 0 Å². The van der Waals surface area contributed by atoms with Crippen molar-refractivity contribution in [1.82, 2.24) is 0 Å². The molecule has 0 aromatic heterocycles. The van der Waals surface area contributed by atoms with Crippen LogP contribution in [-0.4, -0.2) is 24.5 Å². The summed E-state index contributed by atoms with van der Waals surface area (Å²) in [6.45, 7) is 1.21. The summed E-state index contributed by atoms with van der Waals surface area (Å²) in [6, 6.07) is 17.0. The van der Waals surface area contributed by atoms with Crippen LogP contribution in [0.15, 0.2) is 54.6 Å². The first-order valence-corrected chi connectivity index (χ1v) is 7.02. The maximum Gasteiger partial charge on any atom is 0.347 e. The van der Waals surface area contributed by atoms with Crippen molar-refractivity contribution >= 4 is 11.8 Å². The Bertz CT molecular complexity index is 717. The van der Waals surface area contributed by atoms with E-state index < -0.39 is 12.1 Å². The number of ether oxygens (including phenoxy) is 2. The molecule has 0 bridgehead atoms. The molecular formula is C18H15NO4. The third-order valence-corrected chi connectivity index (χ3v) is 3.07. The van der Waals surface area contributed by atoms with Crippen LogP contribution in [0.1, 0.15) is 22.8 Å². The zero-order valence-corrected chi connectivity index (χ0v) is 12.6. The fourth-order valence-electron chi connectivity index (χ4n) is 1.82. The van der Waals surface area contributed by atoms with Crippen LogP contribution < -0.4 is 4.74 Å². The average molecular weight is 309 g/mol. The molecule has 2 aromatic carbocycles. The van der Waals surface area contributed by atoms with E-state index in [9.17, 15) is 9.59 Å². The summed E-state index contributed by atoms with van der Waals surface area (Å²) in [5.74, 6) is -0.453. The minimum atomic E-state index is -0.855. The lowest BCUT2D eigenvalue weighted by molar-refractivity contribution is -0.149. The van der Waals surface area contributed by atoms with Crippen LogP contribution in [0, 0.1) is 11.3 Å². The van der Waals surface area contributed by atoms with Crippen LogP contribution in [0.5, 0.6) is 5.75 Å². The molecule has 0 spiro atoms. The van der Waals surface area contributed by atoms with Gasteiger partial charge in [0.2, 0.25) is 0 Å². The zero-order chi connectivity index (χ0) is 16.7. The molecule has 0 aliphatic carbocycles. The van der Waals surface area contributed by atoms with Crippen molar-refractivity contribution < 1.29 is 19.1 Å². The van der Waals surface area contributed by atoms with Crippen LogP contribution in [0.3, 0.4) is 0 Å². The van der Waals surface area contributed by atoms with E-state index in [0.717, 1.165) is 0 Å². The van der Waals surface area contributed by atoms with Crippen molar-refractivity contribution in [2.75, 3.05) is 6.61 Å². The Morgan fingerprint density at radius 1 is 1.09 bits per heavy atom. The molecular weight excluding hydrogens is 294 g/mol. The summed E-state index contributed by atoms with van der Waals surface area (Å²) in [6.07, 6.45) is -0.855. The first-order chi connectivity index (χ1) is 11.1. The summed E-state index contributed by atoms with van der Waals surface area (Å²) < 4.78 is 10.4. The van der Waals surface area contributed by atoms with Crippen molar-refractivity contribution in [3.63, 3.8) is 0 Å². The number of hydrogen-bond donors (Lipinski definition) is 0. The maximum absolute atomic E-state index is 11.9. The Morgan fingerprint density at radius 2 is 1.74 bits per heavy atom. The number of hydrogen-bond acceptors (Lipinski definition) is 5. The number of rotatable bonds is 6. The van der Waals surface area contributed by atoms with Gasteiger partial charge >= 0.3 is 5.97 Å². The summed E-state index contributed by atoms with van der Waals surface area (Å²) >= 11 is 0. The molecule has 5 heteroatoms. The summed E-state index contributed by atoms with van der Waals surface area (Å²) in [5, 5.41) is 8.72. The minimum Gasteiger partial charge on any atom is -0.479 e. The molecule has 5 nitrogen and oxygen atoms in total. The maximum atomic E-state index is 11.9. The quantitative estimate of drug-likeness (QED) is 0.606. The fourth-order valence-corrected chi connectivity index (χ4v) is 1.82. The van der Waals surface area contributed by atoms with Gasteiger partial charge in [0, 0.05) is 5.56 Å². The van der Waals surface area contributed by atoms with Gasteiger partial charge in [0.15, 0.2) is 18.5 Å². The normalized spacial score (nSPS) is 11.1. The van der Waals surface area contributed by atoms with Crippen molar-refractivity contribution in [2.24, 2.45) is 0 Å². The topological polar surface area (TPSA) is 76.4 Å². The number of carbonyl (C=O) groups is 2.